The smallest absolute Gasteiger partial charge is 0.242 e. The van der Waals surface area contributed by atoms with Gasteiger partial charge in [0.1, 0.15) is 12.0 Å². The van der Waals surface area contributed by atoms with E-state index >= 15 is 0 Å². The van der Waals surface area contributed by atoms with Crippen molar-refractivity contribution >= 4 is 28.8 Å². The Hall–Kier alpha value is -2.52. The number of nitriles is 1. The highest BCUT2D eigenvalue weighted by Crippen LogP contribution is 2.30. The largest absolute Gasteiger partial charge is 0.479 e. The zero-order valence-corrected chi connectivity index (χ0v) is 10.8. The van der Waals surface area contributed by atoms with Gasteiger partial charge in [0, 0.05) is 0 Å². The van der Waals surface area contributed by atoms with Crippen molar-refractivity contribution in [3.63, 3.8) is 0 Å². The zero-order valence-electron chi connectivity index (χ0n) is 10.0. The second kappa shape index (κ2) is 5.42. The van der Waals surface area contributed by atoms with Gasteiger partial charge >= 0.3 is 0 Å². The van der Waals surface area contributed by atoms with E-state index in [9.17, 15) is 0 Å². The van der Waals surface area contributed by atoms with Crippen LogP contribution in [0.15, 0.2) is 24.5 Å². The first-order valence-electron chi connectivity index (χ1n) is 5.27. The fourth-order valence-electron chi connectivity index (χ4n) is 1.46. The van der Waals surface area contributed by atoms with Crippen LogP contribution >= 0.6 is 11.6 Å². The third-order valence-corrected chi connectivity index (χ3v) is 2.72. The molecule has 3 N–H and O–H groups in total. The van der Waals surface area contributed by atoms with E-state index in [1.54, 1.807) is 18.2 Å². The van der Waals surface area contributed by atoms with Gasteiger partial charge < -0.3 is 15.8 Å². The lowest BCUT2D eigenvalue weighted by molar-refractivity contribution is 0.399. The van der Waals surface area contributed by atoms with Crippen LogP contribution in [0.1, 0.15) is 5.56 Å². The minimum Gasteiger partial charge on any atom is -0.479 e. The lowest BCUT2D eigenvalue weighted by Crippen LogP contribution is -2.03. The molecule has 0 bridgehead atoms. The number of hydrogen-bond acceptors (Lipinski definition) is 6. The first-order valence-corrected chi connectivity index (χ1v) is 5.64. The van der Waals surface area contributed by atoms with Crippen LogP contribution in [0, 0.1) is 11.3 Å². The minimum atomic E-state index is 0.267. The molecule has 1 heterocycles. The Kier molecular flexibility index (Phi) is 3.68. The van der Waals surface area contributed by atoms with Crippen molar-refractivity contribution < 1.29 is 4.74 Å². The molecule has 0 saturated carbocycles. The highest BCUT2D eigenvalue weighted by Gasteiger charge is 2.10. The molecule has 0 amide bonds. The lowest BCUT2D eigenvalue weighted by Gasteiger charge is -2.11. The summed E-state index contributed by atoms with van der Waals surface area (Å²) in [7, 11) is 1.46. The maximum atomic E-state index is 8.86. The SMILES string of the molecule is COc1ncnc(Nc2cc(C#N)ccc2Cl)c1N. The second-order valence-electron chi connectivity index (χ2n) is 3.58. The molecule has 19 heavy (non-hydrogen) atoms. The number of ether oxygens (including phenoxy) is 1. The van der Waals surface area contributed by atoms with E-state index in [0.29, 0.717) is 22.1 Å². The van der Waals surface area contributed by atoms with Crippen molar-refractivity contribution in [3.05, 3.63) is 35.1 Å². The third kappa shape index (κ3) is 2.67. The Bertz CT molecular complexity index is 653. The Balaban J connectivity index is 2.39. The number of nitrogens with zero attached hydrogens (tertiary/aromatic N) is 3. The van der Waals surface area contributed by atoms with E-state index in [-0.39, 0.29) is 11.6 Å². The summed E-state index contributed by atoms with van der Waals surface area (Å²) in [6.07, 6.45) is 1.32. The Morgan fingerprint density at radius 1 is 1.42 bits per heavy atom. The number of aromatic nitrogens is 2. The summed E-state index contributed by atoms with van der Waals surface area (Å²) < 4.78 is 5.00. The van der Waals surface area contributed by atoms with Crippen molar-refractivity contribution in [3.8, 4) is 11.9 Å². The lowest BCUT2D eigenvalue weighted by atomic mass is 10.2. The number of anilines is 3. The number of rotatable bonds is 3. The molecule has 0 aliphatic rings. The van der Waals surface area contributed by atoms with Crippen LogP contribution in [-0.4, -0.2) is 17.1 Å². The number of hydrogen-bond donors (Lipinski definition) is 2. The van der Waals surface area contributed by atoms with Crippen LogP contribution < -0.4 is 15.8 Å². The molecule has 7 heteroatoms. The monoisotopic (exact) mass is 275 g/mol. The van der Waals surface area contributed by atoms with E-state index in [1.165, 1.54) is 13.4 Å². The maximum Gasteiger partial charge on any atom is 0.242 e. The van der Waals surface area contributed by atoms with Gasteiger partial charge in [0.15, 0.2) is 5.82 Å². The number of methoxy groups -OCH3 is 1. The predicted octanol–water partition coefficient (Wildman–Crippen LogP) is 2.34. The van der Waals surface area contributed by atoms with E-state index in [0.717, 1.165) is 0 Å². The minimum absolute atomic E-state index is 0.267. The van der Waals surface area contributed by atoms with Gasteiger partial charge in [-0.25, -0.2) is 4.98 Å². The molecule has 0 aliphatic heterocycles. The van der Waals surface area contributed by atoms with Gasteiger partial charge in [0.25, 0.3) is 0 Å². The molecular weight excluding hydrogens is 266 g/mol. The van der Waals surface area contributed by atoms with Gasteiger partial charge in [-0.15, -0.1) is 0 Å². The number of halogens is 1. The molecule has 2 rings (SSSR count). The quantitative estimate of drug-likeness (QED) is 0.892. The summed E-state index contributed by atoms with van der Waals surface area (Å²) in [4.78, 5) is 7.88. The molecule has 1 aromatic heterocycles. The average Bonchev–Trinajstić information content (AvgIpc) is 2.43. The fourth-order valence-corrected chi connectivity index (χ4v) is 1.62. The molecule has 0 aliphatic carbocycles. The first kappa shape index (κ1) is 12.9. The number of nitrogens with one attached hydrogen (secondary N) is 1. The molecule has 1 aromatic carbocycles. The topological polar surface area (TPSA) is 96.9 Å². The van der Waals surface area contributed by atoms with E-state index < -0.39 is 0 Å². The van der Waals surface area contributed by atoms with Crippen LogP contribution in [0.2, 0.25) is 5.02 Å². The van der Waals surface area contributed by atoms with Crippen LogP contribution in [0.5, 0.6) is 5.88 Å². The van der Waals surface area contributed by atoms with Crippen molar-refractivity contribution in [2.24, 2.45) is 0 Å². The summed E-state index contributed by atoms with van der Waals surface area (Å²) in [5.41, 5.74) is 7.12. The molecule has 0 radical (unpaired) electrons. The van der Waals surface area contributed by atoms with Crippen molar-refractivity contribution in [1.82, 2.24) is 9.97 Å². The van der Waals surface area contributed by atoms with Gasteiger partial charge in [-0.3, -0.25) is 0 Å². The molecule has 0 saturated heterocycles. The molecule has 0 unspecified atom stereocenters. The van der Waals surface area contributed by atoms with Crippen LogP contribution in [-0.2, 0) is 0 Å². The summed E-state index contributed by atoms with van der Waals surface area (Å²) in [5, 5.41) is 12.3. The maximum absolute atomic E-state index is 8.86. The van der Waals surface area contributed by atoms with E-state index in [4.69, 9.17) is 27.3 Å². The van der Waals surface area contributed by atoms with Crippen LogP contribution in [0.3, 0.4) is 0 Å². The summed E-state index contributed by atoms with van der Waals surface area (Å²) in [6.45, 7) is 0. The van der Waals surface area contributed by atoms with E-state index in [2.05, 4.69) is 15.3 Å². The van der Waals surface area contributed by atoms with Crippen molar-refractivity contribution in [2.75, 3.05) is 18.2 Å². The third-order valence-electron chi connectivity index (χ3n) is 2.39. The molecule has 2 aromatic rings. The fraction of sp³-hybridized carbons (Fsp3) is 0.0833. The van der Waals surface area contributed by atoms with Gasteiger partial charge in [-0.05, 0) is 18.2 Å². The first-order chi connectivity index (χ1) is 9.15. The standard InChI is InChI=1S/C12H10ClN5O/c1-19-12-10(15)11(16-6-17-12)18-9-4-7(5-14)2-3-8(9)13/h2-4,6H,15H2,1H3,(H,16,17,18). The molecule has 96 valence electrons. The molecule has 6 nitrogen and oxygen atoms in total. The van der Waals surface area contributed by atoms with Crippen molar-refractivity contribution in [1.29, 1.82) is 5.26 Å². The molecular formula is C12H10ClN5O. The molecule has 0 spiro atoms. The number of benzene rings is 1. The Morgan fingerprint density at radius 3 is 2.89 bits per heavy atom. The summed E-state index contributed by atoms with van der Waals surface area (Å²) in [6, 6.07) is 6.88. The molecule has 0 atom stereocenters. The average molecular weight is 276 g/mol. The highest BCUT2D eigenvalue weighted by atomic mass is 35.5. The van der Waals surface area contributed by atoms with Gasteiger partial charge in [0.2, 0.25) is 5.88 Å². The van der Waals surface area contributed by atoms with Gasteiger partial charge in [0.05, 0.1) is 29.5 Å². The number of nitrogens with two attached hydrogens (primary N) is 1. The normalized spacial score (nSPS) is 9.74. The molecule has 0 fully saturated rings. The van der Waals surface area contributed by atoms with Gasteiger partial charge in [-0.2, -0.15) is 10.2 Å². The van der Waals surface area contributed by atoms with Crippen LogP contribution in [0.4, 0.5) is 17.2 Å². The second-order valence-corrected chi connectivity index (χ2v) is 3.98. The zero-order chi connectivity index (χ0) is 13.8. The Morgan fingerprint density at radius 2 is 2.21 bits per heavy atom. The van der Waals surface area contributed by atoms with Crippen LogP contribution in [0.25, 0.3) is 0 Å². The van der Waals surface area contributed by atoms with Gasteiger partial charge in [-0.1, -0.05) is 11.6 Å². The number of nitrogen functional groups attached to an aromatic ring is 1. The van der Waals surface area contributed by atoms with Crippen molar-refractivity contribution in [2.45, 2.75) is 0 Å². The predicted molar refractivity (Wildman–Crippen MR) is 72.4 cm³/mol. The highest BCUT2D eigenvalue weighted by molar-refractivity contribution is 6.33. The summed E-state index contributed by atoms with van der Waals surface area (Å²) >= 11 is 6.04. The van der Waals surface area contributed by atoms with E-state index in [1.807, 2.05) is 6.07 Å². The summed E-state index contributed by atoms with van der Waals surface area (Å²) in [5.74, 6) is 0.633. The Labute approximate surface area is 114 Å².